The van der Waals surface area contributed by atoms with Gasteiger partial charge < -0.3 is 20.1 Å². The Labute approximate surface area is 124 Å². The van der Waals surface area contributed by atoms with Gasteiger partial charge in [0.15, 0.2) is 6.10 Å². The molecule has 1 aromatic carbocycles. The summed E-state index contributed by atoms with van der Waals surface area (Å²) in [5.41, 5.74) is 0.937. The molecule has 0 spiro atoms. The molecule has 2 atom stereocenters. The number of hydrogen-bond acceptors (Lipinski definition) is 4. The van der Waals surface area contributed by atoms with Crippen molar-refractivity contribution in [3.8, 4) is 5.75 Å². The molecule has 5 heteroatoms. The van der Waals surface area contributed by atoms with Gasteiger partial charge in [-0.05, 0) is 37.8 Å². The van der Waals surface area contributed by atoms with Gasteiger partial charge in [0.05, 0.1) is 12.2 Å². The molecule has 2 heterocycles. The smallest absolute Gasteiger partial charge is 0.265 e. The molecule has 1 saturated heterocycles. The van der Waals surface area contributed by atoms with Gasteiger partial charge >= 0.3 is 0 Å². The van der Waals surface area contributed by atoms with E-state index in [1.807, 2.05) is 29.2 Å². The molecule has 0 aromatic heterocycles. The van der Waals surface area contributed by atoms with Crippen molar-refractivity contribution in [2.45, 2.75) is 37.8 Å². The van der Waals surface area contributed by atoms with Gasteiger partial charge in [-0.25, -0.2) is 0 Å². The number of benzene rings is 1. The Morgan fingerprint density at radius 1 is 1.38 bits per heavy atom. The largest absolute Gasteiger partial charge is 0.477 e. The Kier molecular flexibility index (Phi) is 4.29. The second-order valence-electron chi connectivity index (χ2n) is 5.68. The number of fused-ring (bicyclic) bond motifs is 1. The molecule has 114 valence electrons. The number of aliphatic hydroxyl groups is 1. The molecule has 5 nitrogen and oxygen atoms in total. The van der Waals surface area contributed by atoms with Crippen LogP contribution in [-0.2, 0) is 4.79 Å². The van der Waals surface area contributed by atoms with E-state index in [1.165, 1.54) is 0 Å². The molecule has 1 amide bonds. The molecule has 2 N–H and O–H groups in total. The fourth-order valence-corrected chi connectivity index (χ4v) is 3.18. The lowest BCUT2D eigenvalue weighted by Gasteiger charge is -2.38. The fraction of sp³-hybridized carbons (Fsp3) is 0.562. The van der Waals surface area contributed by atoms with Crippen molar-refractivity contribution in [1.29, 1.82) is 0 Å². The lowest BCUT2D eigenvalue weighted by molar-refractivity contribution is -0.142. The van der Waals surface area contributed by atoms with Crippen molar-refractivity contribution >= 4 is 11.6 Å². The summed E-state index contributed by atoms with van der Waals surface area (Å²) in [6.45, 7) is 1.39. The number of carbonyl (C=O) groups excluding carboxylic acids is 1. The molecule has 0 saturated carbocycles. The zero-order chi connectivity index (χ0) is 14.7. The molecular formula is C16H22N2O3. The quantitative estimate of drug-likeness (QED) is 0.888. The highest BCUT2D eigenvalue weighted by atomic mass is 16.5. The Balaban J connectivity index is 1.70. The Morgan fingerprint density at radius 2 is 2.24 bits per heavy atom. The van der Waals surface area contributed by atoms with Crippen LogP contribution in [-0.4, -0.2) is 47.8 Å². The number of amides is 1. The van der Waals surface area contributed by atoms with Crippen molar-refractivity contribution in [3.63, 3.8) is 0 Å². The van der Waals surface area contributed by atoms with Crippen molar-refractivity contribution in [2.75, 3.05) is 25.0 Å². The molecule has 2 aliphatic heterocycles. The number of aliphatic hydroxyl groups excluding tert-OH is 1. The second kappa shape index (κ2) is 6.35. The number of nitrogens with one attached hydrogen (secondary N) is 1. The molecule has 21 heavy (non-hydrogen) atoms. The van der Waals surface area contributed by atoms with Crippen LogP contribution in [0.3, 0.4) is 0 Å². The molecular weight excluding hydrogens is 268 g/mol. The van der Waals surface area contributed by atoms with Crippen LogP contribution in [0.1, 0.15) is 25.7 Å². The van der Waals surface area contributed by atoms with Gasteiger partial charge in [-0.1, -0.05) is 12.1 Å². The van der Waals surface area contributed by atoms with Crippen LogP contribution in [0, 0.1) is 0 Å². The topological polar surface area (TPSA) is 61.8 Å². The monoisotopic (exact) mass is 290 g/mol. The summed E-state index contributed by atoms with van der Waals surface area (Å²) in [5.74, 6) is 0.771. The summed E-state index contributed by atoms with van der Waals surface area (Å²) in [4.78, 5) is 14.6. The van der Waals surface area contributed by atoms with Crippen molar-refractivity contribution in [2.24, 2.45) is 0 Å². The number of anilines is 1. The highest BCUT2D eigenvalue weighted by Gasteiger charge is 2.34. The van der Waals surface area contributed by atoms with E-state index in [9.17, 15) is 9.90 Å². The molecule has 0 aliphatic carbocycles. The van der Waals surface area contributed by atoms with Crippen molar-refractivity contribution < 1.29 is 14.6 Å². The minimum absolute atomic E-state index is 0.0372. The molecule has 2 aliphatic rings. The van der Waals surface area contributed by atoms with Crippen LogP contribution in [0.25, 0.3) is 0 Å². The van der Waals surface area contributed by atoms with Crippen LogP contribution in [0.4, 0.5) is 5.69 Å². The predicted molar refractivity (Wildman–Crippen MR) is 80.4 cm³/mol. The van der Waals surface area contributed by atoms with Gasteiger partial charge in [-0.2, -0.15) is 0 Å². The fourth-order valence-electron chi connectivity index (χ4n) is 3.18. The number of likely N-dealkylation sites (tertiary alicyclic amines) is 1. The SMILES string of the molecule is O=C(C1CNc2ccccc2O1)N1CCCCC1CCO. The first-order valence-corrected chi connectivity index (χ1v) is 7.70. The zero-order valence-corrected chi connectivity index (χ0v) is 12.1. The molecule has 1 aromatic rings. The van der Waals surface area contributed by atoms with Crippen LogP contribution in [0.15, 0.2) is 24.3 Å². The average Bonchev–Trinajstić information content (AvgIpc) is 2.54. The first-order valence-electron chi connectivity index (χ1n) is 7.70. The van der Waals surface area contributed by atoms with Crippen LogP contribution in [0.2, 0.25) is 0 Å². The summed E-state index contributed by atoms with van der Waals surface area (Å²) in [7, 11) is 0. The Bertz CT molecular complexity index is 504. The molecule has 0 radical (unpaired) electrons. The standard InChI is InChI=1S/C16H22N2O3/c19-10-8-12-5-3-4-9-18(12)16(20)15-11-17-13-6-1-2-7-14(13)21-15/h1-2,6-7,12,15,17,19H,3-5,8-11H2. The summed E-state index contributed by atoms with van der Waals surface area (Å²) in [6.07, 6.45) is 3.32. The summed E-state index contributed by atoms with van der Waals surface area (Å²) in [6, 6.07) is 7.83. The first-order chi connectivity index (χ1) is 10.3. The Morgan fingerprint density at radius 3 is 3.10 bits per heavy atom. The van der Waals surface area contributed by atoms with E-state index < -0.39 is 6.10 Å². The first kappa shape index (κ1) is 14.2. The number of nitrogens with zero attached hydrogens (tertiary/aromatic N) is 1. The third kappa shape index (κ3) is 2.97. The average molecular weight is 290 g/mol. The number of rotatable bonds is 3. The maximum atomic E-state index is 12.7. The highest BCUT2D eigenvalue weighted by Crippen LogP contribution is 2.29. The van der Waals surface area contributed by atoms with E-state index in [2.05, 4.69) is 5.32 Å². The molecule has 3 rings (SSSR count). The number of para-hydroxylation sites is 2. The number of hydrogen-bond donors (Lipinski definition) is 2. The van der Waals surface area contributed by atoms with Crippen molar-refractivity contribution in [3.05, 3.63) is 24.3 Å². The van der Waals surface area contributed by atoms with Crippen LogP contribution in [0.5, 0.6) is 5.75 Å². The third-order valence-electron chi connectivity index (χ3n) is 4.28. The minimum Gasteiger partial charge on any atom is -0.477 e. The van der Waals surface area contributed by atoms with E-state index in [0.717, 1.165) is 37.2 Å². The van der Waals surface area contributed by atoms with Gasteiger partial charge in [0, 0.05) is 19.2 Å². The summed E-state index contributed by atoms with van der Waals surface area (Å²) < 4.78 is 5.86. The third-order valence-corrected chi connectivity index (χ3v) is 4.28. The number of ether oxygens (including phenoxy) is 1. The van der Waals surface area contributed by atoms with Crippen LogP contribution >= 0.6 is 0 Å². The van der Waals surface area contributed by atoms with E-state index in [4.69, 9.17) is 4.74 Å². The summed E-state index contributed by atoms with van der Waals surface area (Å²) >= 11 is 0. The second-order valence-corrected chi connectivity index (χ2v) is 5.68. The summed E-state index contributed by atoms with van der Waals surface area (Å²) in [5, 5.41) is 12.4. The molecule has 0 bridgehead atoms. The highest BCUT2D eigenvalue weighted by molar-refractivity contribution is 5.83. The van der Waals surface area contributed by atoms with Gasteiger partial charge in [-0.15, -0.1) is 0 Å². The molecule has 2 unspecified atom stereocenters. The van der Waals surface area contributed by atoms with E-state index >= 15 is 0 Å². The number of piperidine rings is 1. The van der Waals surface area contributed by atoms with Gasteiger partial charge in [0.1, 0.15) is 5.75 Å². The Hall–Kier alpha value is -1.75. The van der Waals surface area contributed by atoms with Gasteiger partial charge in [-0.3, -0.25) is 4.79 Å². The normalized spacial score (nSPS) is 24.7. The van der Waals surface area contributed by atoms with E-state index in [-0.39, 0.29) is 18.6 Å². The maximum Gasteiger partial charge on any atom is 0.265 e. The lowest BCUT2D eigenvalue weighted by Crippen LogP contribution is -2.52. The van der Waals surface area contributed by atoms with E-state index in [0.29, 0.717) is 13.0 Å². The minimum atomic E-state index is -0.473. The maximum absolute atomic E-state index is 12.7. The van der Waals surface area contributed by atoms with Gasteiger partial charge in [0.2, 0.25) is 0 Å². The predicted octanol–water partition coefficient (Wildman–Crippen LogP) is 1.62. The van der Waals surface area contributed by atoms with E-state index in [1.54, 1.807) is 0 Å². The lowest BCUT2D eigenvalue weighted by atomic mass is 9.98. The number of carbonyl (C=O) groups is 1. The van der Waals surface area contributed by atoms with Gasteiger partial charge in [0.25, 0.3) is 5.91 Å². The van der Waals surface area contributed by atoms with Crippen molar-refractivity contribution in [1.82, 2.24) is 4.90 Å². The zero-order valence-electron chi connectivity index (χ0n) is 12.1. The molecule has 1 fully saturated rings. The van der Waals surface area contributed by atoms with Crippen LogP contribution < -0.4 is 10.1 Å².